The number of aryl methyl sites for hydroxylation is 1. The molecular weight excluding hydrogens is 498 g/mol. The van der Waals surface area contributed by atoms with Gasteiger partial charge in [-0.25, -0.2) is 23.2 Å². The van der Waals surface area contributed by atoms with E-state index in [1.54, 1.807) is 16.2 Å². The summed E-state index contributed by atoms with van der Waals surface area (Å²) in [6, 6.07) is 2.41. The first-order valence-electron chi connectivity index (χ1n) is 9.61. The van der Waals surface area contributed by atoms with Gasteiger partial charge in [0, 0.05) is 35.1 Å². The highest BCUT2D eigenvalue weighted by atomic mass is 35.7. The molecular formula is C18H22ClN5O7S2. The highest BCUT2D eigenvalue weighted by Gasteiger charge is 2.30. The molecule has 2 N–H and O–H groups in total. The van der Waals surface area contributed by atoms with E-state index >= 15 is 0 Å². The molecule has 0 radical (unpaired) electrons. The van der Waals surface area contributed by atoms with Crippen molar-refractivity contribution in [1.29, 1.82) is 0 Å². The smallest absolute Gasteiger partial charge is 0.339 e. The zero-order chi connectivity index (χ0) is 24.8. The van der Waals surface area contributed by atoms with Gasteiger partial charge in [-0.05, 0) is 25.5 Å². The minimum atomic E-state index is -4.02. The molecule has 15 heteroatoms. The molecule has 0 aliphatic carbocycles. The first-order valence-corrected chi connectivity index (χ1v) is 12.8. The Morgan fingerprint density at radius 2 is 2.09 bits per heavy atom. The van der Waals surface area contributed by atoms with Crippen molar-refractivity contribution in [3.05, 3.63) is 44.4 Å². The minimum absolute atomic E-state index is 0.109. The molecule has 2 aromatic rings. The molecule has 0 saturated carbocycles. The second-order valence-electron chi connectivity index (χ2n) is 6.84. The number of urea groups is 1. The van der Waals surface area contributed by atoms with Gasteiger partial charge in [-0.1, -0.05) is 6.92 Å². The second-order valence-corrected chi connectivity index (χ2v) is 10.5. The Bertz CT molecular complexity index is 1140. The number of amides is 3. The van der Waals surface area contributed by atoms with E-state index in [-0.39, 0.29) is 11.9 Å². The van der Waals surface area contributed by atoms with Crippen LogP contribution in [-0.2, 0) is 20.4 Å². The molecule has 1 saturated heterocycles. The van der Waals surface area contributed by atoms with Gasteiger partial charge >= 0.3 is 11.7 Å². The molecule has 0 atom stereocenters. The third-order valence-electron chi connectivity index (χ3n) is 4.28. The van der Waals surface area contributed by atoms with Crippen LogP contribution >= 0.6 is 22.0 Å². The molecule has 1 fully saturated rings. The number of rotatable bonds is 7. The van der Waals surface area contributed by atoms with Gasteiger partial charge in [-0.15, -0.1) is 11.3 Å². The standard InChI is InChI=1S/C12H18N4O2S.C6H4ClNO5S/c1-3-4-11(17)14-16-6-5-15(12(16)18)7-10-8-19-9(2)13-10;7-14(12,13)4-1-2-6(9)5(3-4)8(10)11/h8H,3-7H2,1-2H3,(H,14,17);1-3,9H. The van der Waals surface area contributed by atoms with Crippen molar-refractivity contribution in [1.82, 2.24) is 20.3 Å². The zero-order valence-electron chi connectivity index (χ0n) is 17.7. The summed E-state index contributed by atoms with van der Waals surface area (Å²) in [6.45, 7) is 5.52. The highest BCUT2D eigenvalue weighted by Crippen LogP contribution is 2.29. The molecule has 3 rings (SSSR count). The number of nitrogens with zero attached hydrogens (tertiary/aromatic N) is 4. The lowest BCUT2D eigenvalue weighted by Crippen LogP contribution is -2.44. The van der Waals surface area contributed by atoms with Crippen LogP contribution in [0.3, 0.4) is 0 Å². The summed E-state index contributed by atoms with van der Waals surface area (Å²) in [6.07, 6.45) is 1.21. The quantitative estimate of drug-likeness (QED) is 0.320. The third-order valence-corrected chi connectivity index (χ3v) is 6.45. The summed E-state index contributed by atoms with van der Waals surface area (Å²) >= 11 is 1.57. The van der Waals surface area contributed by atoms with Gasteiger partial charge in [-0.3, -0.25) is 20.3 Å². The molecule has 1 aliphatic rings. The predicted molar refractivity (Wildman–Crippen MR) is 120 cm³/mol. The monoisotopic (exact) mass is 519 g/mol. The van der Waals surface area contributed by atoms with Crippen molar-refractivity contribution in [2.24, 2.45) is 0 Å². The normalized spacial score (nSPS) is 13.5. The second kappa shape index (κ2) is 11.2. The van der Waals surface area contributed by atoms with Crippen molar-refractivity contribution in [2.45, 2.75) is 38.1 Å². The van der Waals surface area contributed by atoms with Crippen molar-refractivity contribution in [3.8, 4) is 5.75 Å². The first kappa shape index (κ1) is 26.3. The molecule has 2 heterocycles. The number of benzene rings is 1. The van der Waals surface area contributed by atoms with Crippen LogP contribution in [0.5, 0.6) is 5.75 Å². The minimum Gasteiger partial charge on any atom is -0.502 e. The lowest BCUT2D eigenvalue weighted by atomic mass is 10.3. The Morgan fingerprint density at radius 1 is 1.39 bits per heavy atom. The number of phenols is 1. The van der Waals surface area contributed by atoms with Gasteiger partial charge in [-0.2, -0.15) is 0 Å². The Labute approximate surface area is 198 Å². The number of nitrogens with one attached hydrogen (secondary N) is 1. The Hall–Kier alpha value is -2.97. The van der Waals surface area contributed by atoms with Gasteiger partial charge in [0.15, 0.2) is 5.75 Å². The maximum atomic E-state index is 12.1. The molecule has 1 aromatic carbocycles. The summed E-state index contributed by atoms with van der Waals surface area (Å²) < 4.78 is 21.6. The van der Waals surface area contributed by atoms with E-state index < -0.39 is 30.3 Å². The molecule has 1 aliphatic heterocycles. The predicted octanol–water partition coefficient (Wildman–Crippen LogP) is 2.75. The summed E-state index contributed by atoms with van der Waals surface area (Å²) in [5.74, 6) is -0.721. The number of carbonyl (C=O) groups is 2. The molecule has 0 spiro atoms. The van der Waals surface area contributed by atoms with Crippen LogP contribution < -0.4 is 5.43 Å². The number of halogens is 1. The molecule has 12 nitrogen and oxygen atoms in total. The molecule has 3 amide bonds. The summed E-state index contributed by atoms with van der Waals surface area (Å²) in [5, 5.41) is 23.6. The van der Waals surface area contributed by atoms with Crippen molar-refractivity contribution in [2.75, 3.05) is 13.1 Å². The number of carbonyl (C=O) groups excluding carboxylic acids is 2. The van der Waals surface area contributed by atoms with E-state index in [0.717, 1.165) is 29.3 Å². The third kappa shape index (κ3) is 7.54. The zero-order valence-corrected chi connectivity index (χ0v) is 20.1. The average molecular weight is 520 g/mol. The van der Waals surface area contributed by atoms with Crippen molar-refractivity contribution < 1.29 is 28.0 Å². The summed E-state index contributed by atoms with van der Waals surface area (Å²) in [7, 11) is 0.937. The number of hydrazine groups is 1. The van der Waals surface area contributed by atoms with Crippen LogP contribution in [0.2, 0.25) is 0 Å². The number of aromatic hydroxyl groups is 1. The number of thiazole rings is 1. The van der Waals surface area contributed by atoms with E-state index in [1.807, 2.05) is 19.2 Å². The van der Waals surface area contributed by atoms with Crippen LogP contribution in [-0.4, -0.2) is 58.4 Å². The Morgan fingerprint density at radius 3 is 2.64 bits per heavy atom. The van der Waals surface area contributed by atoms with Gasteiger partial charge in [0.05, 0.1) is 33.6 Å². The fourth-order valence-electron chi connectivity index (χ4n) is 2.74. The van der Waals surface area contributed by atoms with Crippen LogP contribution in [0.25, 0.3) is 0 Å². The fourth-order valence-corrected chi connectivity index (χ4v) is 4.12. The molecule has 0 bridgehead atoms. The number of nitro benzene ring substituents is 1. The van der Waals surface area contributed by atoms with Crippen LogP contribution in [0, 0.1) is 17.0 Å². The maximum Gasteiger partial charge on any atom is 0.339 e. The van der Waals surface area contributed by atoms with E-state index in [9.17, 15) is 28.1 Å². The summed E-state index contributed by atoms with van der Waals surface area (Å²) in [5.41, 5.74) is 2.83. The van der Waals surface area contributed by atoms with Crippen LogP contribution in [0.15, 0.2) is 28.5 Å². The average Bonchev–Trinajstić information content (AvgIpc) is 3.28. The van der Waals surface area contributed by atoms with Crippen molar-refractivity contribution in [3.63, 3.8) is 0 Å². The Kier molecular flexibility index (Phi) is 8.96. The highest BCUT2D eigenvalue weighted by molar-refractivity contribution is 8.13. The molecule has 0 unspecified atom stereocenters. The van der Waals surface area contributed by atoms with Gasteiger partial charge in [0.2, 0.25) is 5.91 Å². The molecule has 180 valence electrons. The van der Waals surface area contributed by atoms with Crippen molar-refractivity contribution >= 4 is 48.7 Å². The maximum absolute atomic E-state index is 12.1. The van der Waals surface area contributed by atoms with E-state index in [1.165, 1.54) is 5.01 Å². The lowest BCUT2D eigenvalue weighted by molar-refractivity contribution is -0.386. The van der Waals surface area contributed by atoms with E-state index in [0.29, 0.717) is 32.1 Å². The van der Waals surface area contributed by atoms with Gasteiger partial charge in [0.1, 0.15) is 0 Å². The van der Waals surface area contributed by atoms with E-state index in [2.05, 4.69) is 10.4 Å². The lowest BCUT2D eigenvalue weighted by Gasteiger charge is -2.18. The van der Waals surface area contributed by atoms with Gasteiger partial charge in [0.25, 0.3) is 9.05 Å². The van der Waals surface area contributed by atoms with Crippen LogP contribution in [0.1, 0.15) is 30.5 Å². The fraction of sp³-hybridized carbons (Fsp3) is 0.389. The molecule has 33 heavy (non-hydrogen) atoms. The number of hydrogen-bond acceptors (Lipinski definition) is 9. The van der Waals surface area contributed by atoms with Gasteiger partial charge < -0.3 is 10.0 Å². The Balaban J connectivity index is 0.000000245. The largest absolute Gasteiger partial charge is 0.502 e. The number of phenolic OH excluding ortho intramolecular Hbond substituents is 1. The topological polar surface area (TPSA) is 163 Å². The summed E-state index contributed by atoms with van der Waals surface area (Å²) in [4.78, 5) is 38.6. The molecule has 1 aromatic heterocycles. The number of hydrogen-bond donors (Lipinski definition) is 2. The number of aromatic nitrogens is 1. The van der Waals surface area contributed by atoms with Crippen LogP contribution in [0.4, 0.5) is 10.5 Å². The number of nitro groups is 1. The first-order chi connectivity index (χ1) is 15.4. The van der Waals surface area contributed by atoms with E-state index in [4.69, 9.17) is 15.8 Å². The SMILES string of the molecule is CCCC(=O)NN1CCN(Cc2csc(C)n2)C1=O.O=[N+]([O-])c1cc(S(=O)(=O)Cl)ccc1O.